The Morgan fingerprint density at radius 1 is 1.29 bits per heavy atom. The third-order valence-electron chi connectivity index (χ3n) is 4.51. The summed E-state index contributed by atoms with van der Waals surface area (Å²) in [5.41, 5.74) is 1.56. The molecule has 1 fully saturated rings. The molecule has 3 atom stereocenters. The van der Waals surface area contributed by atoms with E-state index in [1.54, 1.807) is 0 Å². The minimum Gasteiger partial charge on any atom is -0.370 e. The number of anilines is 1. The molecule has 0 radical (unpaired) electrons. The van der Waals surface area contributed by atoms with Crippen LogP contribution < -0.4 is 10.6 Å². The molecule has 4 nitrogen and oxygen atoms in total. The SMILES string of the molecule is CCNc1cc(C(=O)NC2CCC(C)C(C)C2)cc(C)n1. The van der Waals surface area contributed by atoms with Gasteiger partial charge in [-0.05, 0) is 57.1 Å². The van der Waals surface area contributed by atoms with E-state index in [0.717, 1.165) is 36.8 Å². The van der Waals surface area contributed by atoms with Crippen molar-refractivity contribution < 1.29 is 4.79 Å². The normalized spacial score (nSPS) is 25.4. The number of aromatic nitrogens is 1. The number of pyridine rings is 1. The number of nitrogens with one attached hydrogen (secondary N) is 2. The van der Waals surface area contributed by atoms with E-state index in [2.05, 4.69) is 29.5 Å². The van der Waals surface area contributed by atoms with Gasteiger partial charge in [-0.15, -0.1) is 0 Å². The molecular weight excluding hydrogens is 262 g/mol. The Balaban J connectivity index is 2.03. The van der Waals surface area contributed by atoms with Gasteiger partial charge in [0, 0.05) is 23.8 Å². The highest BCUT2D eigenvalue weighted by atomic mass is 16.1. The lowest BCUT2D eigenvalue weighted by atomic mass is 9.79. The van der Waals surface area contributed by atoms with Gasteiger partial charge in [-0.25, -0.2) is 4.98 Å². The Labute approximate surface area is 127 Å². The Morgan fingerprint density at radius 3 is 2.71 bits per heavy atom. The van der Waals surface area contributed by atoms with Gasteiger partial charge < -0.3 is 10.6 Å². The van der Waals surface area contributed by atoms with Crippen LogP contribution in [0.4, 0.5) is 5.82 Å². The lowest BCUT2D eigenvalue weighted by molar-refractivity contribution is 0.0910. The third-order valence-corrected chi connectivity index (χ3v) is 4.51. The molecule has 0 aliphatic heterocycles. The number of hydrogen-bond acceptors (Lipinski definition) is 3. The molecule has 0 spiro atoms. The van der Waals surface area contributed by atoms with Crippen LogP contribution in [-0.2, 0) is 0 Å². The Bertz CT molecular complexity index is 501. The van der Waals surface area contributed by atoms with E-state index < -0.39 is 0 Å². The zero-order valence-corrected chi connectivity index (χ0v) is 13.6. The molecule has 4 heteroatoms. The molecule has 1 saturated carbocycles. The minimum absolute atomic E-state index is 0.0198. The fraction of sp³-hybridized carbons (Fsp3) is 0.647. The largest absolute Gasteiger partial charge is 0.370 e. The van der Waals surface area contributed by atoms with Gasteiger partial charge in [-0.1, -0.05) is 13.8 Å². The molecule has 1 aliphatic rings. The van der Waals surface area contributed by atoms with Crippen LogP contribution in [0.2, 0.25) is 0 Å². The molecule has 0 aromatic carbocycles. The summed E-state index contributed by atoms with van der Waals surface area (Å²) < 4.78 is 0. The zero-order chi connectivity index (χ0) is 15.4. The maximum atomic E-state index is 12.4. The highest BCUT2D eigenvalue weighted by Crippen LogP contribution is 2.29. The summed E-state index contributed by atoms with van der Waals surface area (Å²) in [6, 6.07) is 3.99. The van der Waals surface area contributed by atoms with E-state index in [4.69, 9.17) is 0 Å². The van der Waals surface area contributed by atoms with Gasteiger partial charge in [-0.2, -0.15) is 0 Å². The number of amides is 1. The maximum absolute atomic E-state index is 12.4. The van der Waals surface area contributed by atoms with Crippen LogP contribution in [0.25, 0.3) is 0 Å². The van der Waals surface area contributed by atoms with Crippen molar-refractivity contribution in [3.8, 4) is 0 Å². The van der Waals surface area contributed by atoms with Crippen molar-refractivity contribution in [3.63, 3.8) is 0 Å². The van der Waals surface area contributed by atoms with Crippen LogP contribution in [0, 0.1) is 18.8 Å². The summed E-state index contributed by atoms with van der Waals surface area (Å²) in [5.74, 6) is 2.24. The number of nitrogens with zero attached hydrogens (tertiary/aromatic N) is 1. The van der Waals surface area contributed by atoms with Crippen molar-refractivity contribution in [1.29, 1.82) is 0 Å². The lowest BCUT2D eigenvalue weighted by Gasteiger charge is -2.32. The molecule has 21 heavy (non-hydrogen) atoms. The Hall–Kier alpha value is -1.58. The highest BCUT2D eigenvalue weighted by Gasteiger charge is 2.25. The van der Waals surface area contributed by atoms with E-state index >= 15 is 0 Å². The monoisotopic (exact) mass is 289 g/mol. The molecule has 2 N–H and O–H groups in total. The second-order valence-electron chi connectivity index (χ2n) is 6.35. The second-order valence-corrected chi connectivity index (χ2v) is 6.35. The summed E-state index contributed by atoms with van der Waals surface area (Å²) in [4.78, 5) is 16.8. The van der Waals surface area contributed by atoms with E-state index in [9.17, 15) is 4.79 Å². The number of aryl methyl sites for hydroxylation is 1. The van der Waals surface area contributed by atoms with E-state index in [0.29, 0.717) is 17.5 Å². The van der Waals surface area contributed by atoms with E-state index in [-0.39, 0.29) is 5.91 Å². The zero-order valence-electron chi connectivity index (χ0n) is 13.6. The molecule has 3 unspecified atom stereocenters. The van der Waals surface area contributed by atoms with Crippen molar-refractivity contribution in [2.24, 2.45) is 11.8 Å². The van der Waals surface area contributed by atoms with E-state index in [1.807, 2.05) is 26.0 Å². The molecule has 1 heterocycles. The average molecular weight is 289 g/mol. The molecule has 116 valence electrons. The van der Waals surface area contributed by atoms with Gasteiger partial charge >= 0.3 is 0 Å². The Morgan fingerprint density at radius 2 is 2.05 bits per heavy atom. The summed E-state index contributed by atoms with van der Waals surface area (Å²) in [5, 5.41) is 6.36. The first-order valence-corrected chi connectivity index (χ1v) is 8.03. The molecule has 1 aliphatic carbocycles. The summed E-state index contributed by atoms with van der Waals surface area (Å²) in [6.07, 6.45) is 3.36. The number of hydrogen-bond donors (Lipinski definition) is 2. The number of rotatable bonds is 4. The van der Waals surface area contributed by atoms with Crippen LogP contribution in [0.1, 0.15) is 56.1 Å². The third kappa shape index (κ3) is 4.19. The fourth-order valence-corrected chi connectivity index (χ4v) is 3.02. The van der Waals surface area contributed by atoms with Crippen LogP contribution in [0.15, 0.2) is 12.1 Å². The second kappa shape index (κ2) is 6.92. The van der Waals surface area contributed by atoms with Crippen molar-refractivity contribution in [2.75, 3.05) is 11.9 Å². The molecule has 1 aromatic heterocycles. The van der Waals surface area contributed by atoms with Crippen molar-refractivity contribution in [2.45, 2.75) is 53.0 Å². The topological polar surface area (TPSA) is 54.0 Å². The molecular formula is C17H27N3O. The summed E-state index contributed by atoms with van der Waals surface area (Å²) >= 11 is 0. The first kappa shape index (κ1) is 15.8. The molecule has 1 amide bonds. The summed E-state index contributed by atoms with van der Waals surface area (Å²) in [6.45, 7) is 9.33. The van der Waals surface area contributed by atoms with Crippen LogP contribution in [0.3, 0.4) is 0 Å². The predicted molar refractivity (Wildman–Crippen MR) is 86.6 cm³/mol. The van der Waals surface area contributed by atoms with Crippen molar-refractivity contribution >= 4 is 11.7 Å². The standard InChI is InChI=1S/C17H27N3O/c1-5-18-16-10-14(9-13(4)19-16)17(21)20-15-7-6-11(2)12(3)8-15/h9-12,15H,5-8H2,1-4H3,(H,18,19)(H,20,21). The molecule has 0 saturated heterocycles. The van der Waals surface area contributed by atoms with Gasteiger partial charge in [-0.3, -0.25) is 4.79 Å². The van der Waals surface area contributed by atoms with Crippen LogP contribution in [-0.4, -0.2) is 23.5 Å². The van der Waals surface area contributed by atoms with E-state index in [1.165, 1.54) is 6.42 Å². The minimum atomic E-state index is 0.0198. The van der Waals surface area contributed by atoms with Gasteiger partial charge in [0.25, 0.3) is 5.91 Å². The molecule has 0 bridgehead atoms. The molecule has 2 rings (SSSR count). The molecule has 1 aromatic rings. The van der Waals surface area contributed by atoms with Gasteiger partial charge in [0.2, 0.25) is 0 Å². The van der Waals surface area contributed by atoms with Gasteiger partial charge in [0.05, 0.1) is 0 Å². The first-order valence-electron chi connectivity index (χ1n) is 8.03. The highest BCUT2D eigenvalue weighted by molar-refractivity contribution is 5.95. The maximum Gasteiger partial charge on any atom is 0.251 e. The smallest absolute Gasteiger partial charge is 0.251 e. The van der Waals surface area contributed by atoms with Crippen molar-refractivity contribution in [3.05, 3.63) is 23.4 Å². The van der Waals surface area contributed by atoms with Crippen LogP contribution >= 0.6 is 0 Å². The lowest BCUT2D eigenvalue weighted by Crippen LogP contribution is -2.39. The number of carbonyl (C=O) groups excluding carboxylic acids is 1. The quantitative estimate of drug-likeness (QED) is 0.893. The fourth-order valence-electron chi connectivity index (χ4n) is 3.02. The van der Waals surface area contributed by atoms with Gasteiger partial charge in [0.15, 0.2) is 0 Å². The van der Waals surface area contributed by atoms with Crippen molar-refractivity contribution in [1.82, 2.24) is 10.3 Å². The average Bonchev–Trinajstić information content (AvgIpc) is 2.42. The van der Waals surface area contributed by atoms with Crippen LogP contribution in [0.5, 0.6) is 0 Å². The number of carbonyl (C=O) groups is 1. The Kier molecular flexibility index (Phi) is 5.21. The van der Waals surface area contributed by atoms with Gasteiger partial charge in [0.1, 0.15) is 5.82 Å². The first-order chi connectivity index (χ1) is 9.99. The predicted octanol–water partition coefficient (Wildman–Crippen LogP) is 3.38. The summed E-state index contributed by atoms with van der Waals surface area (Å²) in [7, 11) is 0.